The van der Waals surface area contributed by atoms with Crippen LogP contribution in [-0.4, -0.2) is 49.6 Å². The predicted molar refractivity (Wildman–Crippen MR) is 110 cm³/mol. The molecule has 1 N–H and O–H groups in total. The number of amides is 2. The molecule has 0 aromatic heterocycles. The Hall–Kier alpha value is -3.88. The van der Waals surface area contributed by atoms with Gasteiger partial charge < -0.3 is 19.5 Å². The summed E-state index contributed by atoms with van der Waals surface area (Å²) in [4.78, 5) is 50.0. The Kier molecular flexibility index (Phi) is 7.21. The highest BCUT2D eigenvalue weighted by atomic mass is 16.5. The average Bonchev–Trinajstić information content (AvgIpc) is 2.77. The van der Waals surface area contributed by atoms with Crippen LogP contribution in [0.1, 0.15) is 13.3 Å². The van der Waals surface area contributed by atoms with Crippen LogP contribution in [0.15, 0.2) is 54.6 Å². The molecule has 0 saturated carbocycles. The van der Waals surface area contributed by atoms with E-state index in [1.54, 1.807) is 61.5 Å². The number of nitrogens with one attached hydrogen (secondary N) is 1. The topological polar surface area (TPSA) is 111 Å². The number of para-hydroxylation sites is 3. The second-order valence-electron chi connectivity index (χ2n) is 6.58. The van der Waals surface area contributed by atoms with Crippen LogP contribution >= 0.6 is 0 Å². The molecule has 0 fully saturated rings. The molecule has 2 aromatic carbocycles. The fraction of sp³-hybridized carbons (Fsp3) is 0.273. The third-order valence-electron chi connectivity index (χ3n) is 4.38. The maximum Gasteiger partial charge on any atom is 0.326 e. The summed E-state index contributed by atoms with van der Waals surface area (Å²) < 4.78 is 15.5. The standard InChI is InChI=1S/C22H22N2O7/c1-2-29-21(27)13-24(15-8-4-3-5-9-15)19(25)14-30-20(26)12-18-22(28)23-16-10-6-7-11-17(16)31-18/h3-11,18H,2,12-14H2,1H3,(H,23,28). The molecule has 1 atom stereocenters. The van der Waals surface area contributed by atoms with E-state index in [1.807, 2.05) is 0 Å². The number of carbonyl (C=O) groups excluding carboxylic acids is 4. The Morgan fingerprint density at radius 1 is 1.00 bits per heavy atom. The molecule has 9 nitrogen and oxygen atoms in total. The quantitative estimate of drug-likeness (QED) is 0.642. The van der Waals surface area contributed by atoms with E-state index in [4.69, 9.17) is 14.2 Å². The van der Waals surface area contributed by atoms with E-state index in [0.717, 1.165) is 0 Å². The van der Waals surface area contributed by atoms with Gasteiger partial charge in [0.25, 0.3) is 11.8 Å². The van der Waals surface area contributed by atoms with E-state index >= 15 is 0 Å². The molecule has 0 radical (unpaired) electrons. The highest BCUT2D eigenvalue weighted by Gasteiger charge is 2.30. The first-order valence-electron chi connectivity index (χ1n) is 9.71. The van der Waals surface area contributed by atoms with Crippen molar-refractivity contribution in [2.45, 2.75) is 19.4 Å². The Morgan fingerprint density at radius 2 is 1.71 bits per heavy atom. The van der Waals surface area contributed by atoms with Crippen LogP contribution in [-0.2, 0) is 28.7 Å². The lowest BCUT2D eigenvalue weighted by Gasteiger charge is -2.25. The monoisotopic (exact) mass is 426 g/mol. The van der Waals surface area contributed by atoms with Gasteiger partial charge in [0.2, 0.25) is 0 Å². The Balaban J connectivity index is 1.58. The maximum atomic E-state index is 12.6. The lowest BCUT2D eigenvalue weighted by atomic mass is 10.1. The number of anilines is 2. The fourth-order valence-electron chi connectivity index (χ4n) is 2.92. The van der Waals surface area contributed by atoms with Crippen molar-refractivity contribution >= 4 is 35.1 Å². The van der Waals surface area contributed by atoms with Gasteiger partial charge in [-0.05, 0) is 31.2 Å². The highest BCUT2D eigenvalue weighted by Crippen LogP contribution is 2.29. The molecule has 1 aliphatic heterocycles. The minimum absolute atomic E-state index is 0.178. The SMILES string of the molecule is CCOC(=O)CN(C(=O)COC(=O)CC1Oc2ccccc2NC1=O)c1ccccc1. The van der Waals surface area contributed by atoms with Crippen LogP contribution in [0.5, 0.6) is 5.75 Å². The first kappa shape index (κ1) is 21.8. The largest absolute Gasteiger partial charge is 0.478 e. The van der Waals surface area contributed by atoms with E-state index < -0.39 is 36.5 Å². The van der Waals surface area contributed by atoms with Gasteiger partial charge in [0.1, 0.15) is 12.3 Å². The molecule has 2 amide bonds. The van der Waals surface area contributed by atoms with E-state index in [1.165, 1.54) is 4.90 Å². The Bertz CT molecular complexity index is 961. The number of benzene rings is 2. The summed E-state index contributed by atoms with van der Waals surface area (Å²) in [6, 6.07) is 15.3. The summed E-state index contributed by atoms with van der Waals surface area (Å²) in [6.45, 7) is 0.921. The molecular weight excluding hydrogens is 404 g/mol. The summed E-state index contributed by atoms with van der Waals surface area (Å²) in [7, 11) is 0. The summed E-state index contributed by atoms with van der Waals surface area (Å²) in [5.74, 6) is -2.00. The first-order valence-corrected chi connectivity index (χ1v) is 9.71. The number of nitrogens with zero attached hydrogens (tertiary/aromatic N) is 1. The molecule has 9 heteroatoms. The fourth-order valence-corrected chi connectivity index (χ4v) is 2.92. The van der Waals surface area contributed by atoms with Crippen molar-refractivity contribution in [2.24, 2.45) is 0 Å². The van der Waals surface area contributed by atoms with Gasteiger partial charge in [-0.25, -0.2) is 0 Å². The molecule has 1 heterocycles. The van der Waals surface area contributed by atoms with Gasteiger partial charge in [0.15, 0.2) is 12.7 Å². The lowest BCUT2D eigenvalue weighted by molar-refractivity contribution is -0.151. The third kappa shape index (κ3) is 5.81. The van der Waals surface area contributed by atoms with Gasteiger partial charge in [-0.1, -0.05) is 30.3 Å². The number of hydrogen-bond acceptors (Lipinski definition) is 7. The van der Waals surface area contributed by atoms with E-state index in [2.05, 4.69) is 5.32 Å². The van der Waals surface area contributed by atoms with Crippen LogP contribution in [0.3, 0.4) is 0 Å². The average molecular weight is 426 g/mol. The summed E-state index contributed by atoms with van der Waals surface area (Å²) in [5.41, 5.74) is 0.980. The molecule has 3 rings (SSSR count). The predicted octanol–water partition coefficient (Wildman–Crippen LogP) is 1.92. The van der Waals surface area contributed by atoms with Crippen molar-refractivity contribution in [1.29, 1.82) is 0 Å². The highest BCUT2D eigenvalue weighted by molar-refractivity contribution is 6.01. The molecule has 1 unspecified atom stereocenters. The molecule has 0 saturated heterocycles. The Morgan fingerprint density at radius 3 is 2.45 bits per heavy atom. The van der Waals surface area contributed by atoms with Crippen molar-refractivity contribution in [1.82, 2.24) is 0 Å². The number of hydrogen-bond donors (Lipinski definition) is 1. The van der Waals surface area contributed by atoms with Crippen molar-refractivity contribution in [3.8, 4) is 5.75 Å². The van der Waals surface area contributed by atoms with Gasteiger partial charge >= 0.3 is 11.9 Å². The molecule has 0 spiro atoms. The van der Waals surface area contributed by atoms with Gasteiger partial charge in [-0.3, -0.25) is 24.1 Å². The lowest BCUT2D eigenvalue weighted by Crippen LogP contribution is -2.41. The van der Waals surface area contributed by atoms with Crippen LogP contribution in [0, 0.1) is 0 Å². The smallest absolute Gasteiger partial charge is 0.326 e. The van der Waals surface area contributed by atoms with E-state index in [9.17, 15) is 19.2 Å². The normalized spacial score (nSPS) is 14.5. The number of ether oxygens (including phenoxy) is 3. The molecule has 0 aliphatic carbocycles. The van der Waals surface area contributed by atoms with Crippen molar-refractivity contribution < 1.29 is 33.4 Å². The molecule has 2 aromatic rings. The van der Waals surface area contributed by atoms with Gasteiger partial charge in [-0.2, -0.15) is 0 Å². The summed E-state index contributed by atoms with van der Waals surface area (Å²) >= 11 is 0. The summed E-state index contributed by atoms with van der Waals surface area (Å²) in [5, 5.41) is 2.66. The number of carbonyl (C=O) groups is 4. The second kappa shape index (κ2) is 10.2. The zero-order valence-corrected chi connectivity index (χ0v) is 16.9. The zero-order chi connectivity index (χ0) is 22.2. The van der Waals surface area contributed by atoms with Crippen molar-refractivity contribution in [3.63, 3.8) is 0 Å². The van der Waals surface area contributed by atoms with Crippen molar-refractivity contribution in [2.75, 3.05) is 30.0 Å². The zero-order valence-electron chi connectivity index (χ0n) is 16.9. The van der Waals surface area contributed by atoms with Crippen LogP contribution < -0.4 is 15.0 Å². The van der Waals surface area contributed by atoms with Crippen LogP contribution in [0.4, 0.5) is 11.4 Å². The minimum atomic E-state index is -1.07. The molecule has 31 heavy (non-hydrogen) atoms. The minimum Gasteiger partial charge on any atom is -0.478 e. The van der Waals surface area contributed by atoms with Gasteiger partial charge in [-0.15, -0.1) is 0 Å². The van der Waals surface area contributed by atoms with Crippen LogP contribution in [0.25, 0.3) is 0 Å². The number of rotatable bonds is 8. The Labute approximate surface area is 178 Å². The third-order valence-corrected chi connectivity index (χ3v) is 4.38. The maximum absolute atomic E-state index is 12.6. The second-order valence-corrected chi connectivity index (χ2v) is 6.58. The van der Waals surface area contributed by atoms with Gasteiger partial charge in [0.05, 0.1) is 18.7 Å². The van der Waals surface area contributed by atoms with Gasteiger partial charge in [0, 0.05) is 5.69 Å². The van der Waals surface area contributed by atoms with E-state index in [-0.39, 0.29) is 19.6 Å². The molecule has 162 valence electrons. The molecule has 0 bridgehead atoms. The number of fused-ring (bicyclic) bond motifs is 1. The van der Waals surface area contributed by atoms with Crippen LogP contribution in [0.2, 0.25) is 0 Å². The molecule has 1 aliphatic rings. The van der Waals surface area contributed by atoms with E-state index in [0.29, 0.717) is 17.1 Å². The number of esters is 2. The summed E-state index contributed by atoms with van der Waals surface area (Å²) in [6.07, 6.45) is -1.43. The first-order chi connectivity index (χ1) is 15.0. The van der Waals surface area contributed by atoms with Crippen molar-refractivity contribution in [3.05, 3.63) is 54.6 Å². The molecular formula is C22H22N2O7.